The van der Waals surface area contributed by atoms with Gasteiger partial charge < -0.3 is 10.1 Å². The molecule has 0 spiro atoms. The molecule has 0 unspecified atom stereocenters. The lowest BCUT2D eigenvalue weighted by Gasteiger charge is -2.12. The van der Waals surface area contributed by atoms with Crippen molar-refractivity contribution in [3.8, 4) is 5.75 Å². The fourth-order valence-corrected chi connectivity index (χ4v) is 1.30. The first-order valence-electron chi connectivity index (χ1n) is 5.15. The second-order valence-corrected chi connectivity index (χ2v) is 3.71. The Balaban J connectivity index is 2.77. The smallest absolute Gasteiger partial charge is 0.419 e. The summed E-state index contributed by atoms with van der Waals surface area (Å²) in [4.78, 5) is 0. The van der Waals surface area contributed by atoms with E-state index in [1.807, 2.05) is 0 Å². The Kier molecular flexibility index (Phi) is 4.72. The van der Waals surface area contributed by atoms with E-state index in [1.54, 1.807) is 7.05 Å². The number of likely N-dealkylation sites (N-methyl/N-ethyl adjacent to an activating group) is 1. The highest BCUT2D eigenvalue weighted by molar-refractivity contribution is 5.32. The minimum absolute atomic E-state index is 0.0408. The molecule has 0 heterocycles. The van der Waals surface area contributed by atoms with Gasteiger partial charge in [0, 0.05) is 6.54 Å². The van der Waals surface area contributed by atoms with Gasteiger partial charge in [0.15, 0.2) is 0 Å². The molecule has 18 heavy (non-hydrogen) atoms. The van der Waals surface area contributed by atoms with Crippen LogP contribution in [0.5, 0.6) is 5.75 Å². The minimum Gasteiger partial charge on any atom is -0.489 e. The van der Waals surface area contributed by atoms with Crippen LogP contribution in [0.1, 0.15) is 5.56 Å². The van der Waals surface area contributed by atoms with E-state index in [2.05, 4.69) is 11.9 Å². The molecule has 0 fully saturated rings. The Hall–Kier alpha value is -1.56. The lowest BCUT2D eigenvalue weighted by molar-refractivity contribution is -0.140. The van der Waals surface area contributed by atoms with Gasteiger partial charge in [-0.05, 0) is 30.8 Å². The van der Waals surface area contributed by atoms with E-state index < -0.39 is 17.6 Å². The summed E-state index contributed by atoms with van der Waals surface area (Å²) >= 11 is 0. The summed E-state index contributed by atoms with van der Waals surface area (Å²) < 4.78 is 55.4. The maximum absolute atomic E-state index is 13.0. The molecule has 0 saturated heterocycles. The number of halogens is 4. The van der Waals surface area contributed by atoms with Gasteiger partial charge in [0.1, 0.15) is 18.2 Å². The SMILES string of the molecule is C=C(CNC)COc1ccc(F)c(C(F)(F)F)c1. The first-order chi connectivity index (χ1) is 8.34. The van der Waals surface area contributed by atoms with Crippen LogP contribution in [0, 0.1) is 5.82 Å². The summed E-state index contributed by atoms with van der Waals surface area (Å²) in [6.07, 6.45) is -4.73. The van der Waals surface area contributed by atoms with Gasteiger partial charge in [-0.2, -0.15) is 13.2 Å². The van der Waals surface area contributed by atoms with E-state index in [0.717, 1.165) is 12.1 Å². The zero-order valence-electron chi connectivity index (χ0n) is 9.77. The van der Waals surface area contributed by atoms with E-state index in [9.17, 15) is 17.6 Å². The lowest BCUT2D eigenvalue weighted by Crippen LogP contribution is -2.15. The Morgan fingerprint density at radius 1 is 1.39 bits per heavy atom. The summed E-state index contributed by atoms with van der Waals surface area (Å²) in [5.41, 5.74) is -0.658. The Morgan fingerprint density at radius 3 is 2.61 bits per heavy atom. The maximum atomic E-state index is 13.0. The maximum Gasteiger partial charge on any atom is 0.419 e. The second-order valence-electron chi connectivity index (χ2n) is 3.71. The largest absolute Gasteiger partial charge is 0.489 e. The second kappa shape index (κ2) is 5.86. The van der Waals surface area contributed by atoms with Crippen molar-refractivity contribution >= 4 is 0 Å². The molecule has 1 N–H and O–H groups in total. The van der Waals surface area contributed by atoms with Crippen LogP contribution in [0.2, 0.25) is 0 Å². The van der Waals surface area contributed by atoms with Crippen LogP contribution in [0.15, 0.2) is 30.4 Å². The molecule has 2 nitrogen and oxygen atoms in total. The number of alkyl halides is 3. The van der Waals surface area contributed by atoms with E-state index in [0.29, 0.717) is 18.2 Å². The molecule has 6 heteroatoms. The molecule has 0 bridgehead atoms. The molecule has 0 aromatic heterocycles. The van der Waals surface area contributed by atoms with Crippen molar-refractivity contribution in [2.24, 2.45) is 0 Å². The molecule has 0 aliphatic rings. The van der Waals surface area contributed by atoms with E-state index in [4.69, 9.17) is 4.74 Å². The van der Waals surface area contributed by atoms with Crippen molar-refractivity contribution in [2.45, 2.75) is 6.18 Å². The predicted molar refractivity (Wildman–Crippen MR) is 60.0 cm³/mol. The summed E-state index contributed by atoms with van der Waals surface area (Å²) in [7, 11) is 1.71. The molecule has 1 rings (SSSR count). The number of rotatable bonds is 5. The van der Waals surface area contributed by atoms with Gasteiger partial charge in [-0.15, -0.1) is 0 Å². The number of nitrogens with one attached hydrogen (secondary N) is 1. The van der Waals surface area contributed by atoms with Crippen molar-refractivity contribution in [3.63, 3.8) is 0 Å². The zero-order valence-corrected chi connectivity index (χ0v) is 9.77. The lowest BCUT2D eigenvalue weighted by atomic mass is 10.2. The fourth-order valence-electron chi connectivity index (χ4n) is 1.30. The molecule has 0 amide bonds. The van der Waals surface area contributed by atoms with Crippen molar-refractivity contribution in [2.75, 3.05) is 20.2 Å². The molecule has 0 atom stereocenters. The summed E-state index contributed by atoms with van der Waals surface area (Å²) in [5, 5.41) is 2.83. The van der Waals surface area contributed by atoms with Crippen molar-refractivity contribution in [1.82, 2.24) is 5.32 Å². The first-order valence-corrected chi connectivity index (χ1v) is 5.15. The van der Waals surface area contributed by atoms with E-state index in [-0.39, 0.29) is 12.4 Å². The van der Waals surface area contributed by atoms with Crippen LogP contribution in [0.3, 0.4) is 0 Å². The quantitative estimate of drug-likeness (QED) is 0.651. The average Bonchev–Trinajstić information content (AvgIpc) is 2.27. The molecule has 0 saturated carbocycles. The highest BCUT2D eigenvalue weighted by atomic mass is 19.4. The number of benzene rings is 1. The Labute approximate surface area is 102 Å². The highest BCUT2D eigenvalue weighted by Gasteiger charge is 2.34. The van der Waals surface area contributed by atoms with Crippen molar-refractivity contribution in [3.05, 3.63) is 41.7 Å². The van der Waals surface area contributed by atoms with Crippen LogP contribution in [-0.4, -0.2) is 20.2 Å². The molecule has 0 aliphatic carbocycles. The van der Waals surface area contributed by atoms with Gasteiger partial charge >= 0.3 is 6.18 Å². The van der Waals surface area contributed by atoms with Crippen LogP contribution in [-0.2, 0) is 6.18 Å². The van der Waals surface area contributed by atoms with Crippen molar-refractivity contribution < 1.29 is 22.3 Å². The molecule has 1 aromatic carbocycles. The van der Waals surface area contributed by atoms with Crippen LogP contribution < -0.4 is 10.1 Å². The number of ether oxygens (including phenoxy) is 1. The first kappa shape index (κ1) is 14.5. The fraction of sp³-hybridized carbons (Fsp3) is 0.333. The minimum atomic E-state index is -4.73. The monoisotopic (exact) mass is 263 g/mol. The third-order valence-electron chi connectivity index (χ3n) is 2.11. The molecule has 1 aromatic rings. The van der Waals surface area contributed by atoms with Gasteiger partial charge in [-0.25, -0.2) is 4.39 Å². The molecular weight excluding hydrogens is 250 g/mol. The molecular formula is C12H13F4NO. The van der Waals surface area contributed by atoms with Crippen molar-refractivity contribution in [1.29, 1.82) is 0 Å². The van der Waals surface area contributed by atoms with Gasteiger partial charge in [0.25, 0.3) is 0 Å². The normalized spacial score (nSPS) is 11.4. The molecule has 0 aliphatic heterocycles. The van der Waals surface area contributed by atoms with Gasteiger partial charge in [0.05, 0.1) is 5.56 Å². The summed E-state index contributed by atoms with van der Waals surface area (Å²) in [5.74, 6) is -1.36. The standard InChI is InChI=1S/C12H13F4NO/c1-8(6-17-2)7-18-9-3-4-11(13)10(5-9)12(14,15)16/h3-5,17H,1,6-7H2,2H3. The number of hydrogen-bond donors (Lipinski definition) is 1. The Bertz CT molecular complexity index is 429. The van der Waals surface area contributed by atoms with E-state index in [1.165, 1.54) is 0 Å². The predicted octanol–water partition coefficient (Wildman–Crippen LogP) is 3.00. The van der Waals surface area contributed by atoms with Crippen LogP contribution >= 0.6 is 0 Å². The van der Waals surface area contributed by atoms with Gasteiger partial charge in [-0.3, -0.25) is 0 Å². The zero-order chi connectivity index (χ0) is 13.8. The third-order valence-corrected chi connectivity index (χ3v) is 2.11. The molecule has 0 radical (unpaired) electrons. The van der Waals surface area contributed by atoms with Crippen LogP contribution in [0.25, 0.3) is 0 Å². The topological polar surface area (TPSA) is 21.3 Å². The molecule has 100 valence electrons. The summed E-state index contributed by atoms with van der Waals surface area (Å²) in [6, 6.07) is 2.53. The van der Waals surface area contributed by atoms with Crippen LogP contribution in [0.4, 0.5) is 17.6 Å². The van der Waals surface area contributed by atoms with Gasteiger partial charge in [0.2, 0.25) is 0 Å². The summed E-state index contributed by atoms with van der Waals surface area (Å²) in [6.45, 7) is 4.23. The Morgan fingerprint density at radius 2 is 2.06 bits per heavy atom. The van der Waals surface area contributed by atoms with Gasteiger partial charge in [-0.1, -0.05) is 6.58 Å². The van der Waals surface area contributed by atoms with E-state index >= 15 is 0 Å². The average molecular weight is 263 g/mol. The third kappa shape index (κ3) is 4.03. The number of hydrogen-bond acceptors (Lipinski definition) is 2. The highest BCUT2D eigenvalue weighted by Crippen LogP contribution is 2.33.